The number of aryl methyl sites for hydroxylation is 1. The number of thiazole rings is 1. The molecule has 19 heavy (non-hydrogen) atoms. The van der Waals surface area contributed by atoms with Gasteiger partial charge in [0.1, 0.15) is 11.6 Å². The third kappa shape index (κ3) is 3.38. The van der Waals surface area contributed by atoms with Crippen LogP contribution in [0.4, 0.5) is 0 Å². The summed E-state index contributed by atoms with van der Waals surface area (Å²) in [6.45, 7) is 2.03. The van der Waals surface area contributed by atoms with Gasteiger partial charge < -0.3 is 10.5 Å². The molecular weight excluding hydrogens is 264 g/mol. The van der Waals surface area contributed by atoms with E-state index in [-0.39, 0.29) is 6.61 Å². The first-order valence-corrected chi connectivity index (χ1v) is 6.42. The van der Waals surface area contributed by atoms with Crippen LogP contribution in [0.2, 0.25) is 0 Å². The highest BCUT2D eigenvalue weighted by Gasteiger charge is 2.09. The largest absolute Gasteiger partial charge is 0.455 e. The van der Waals surface area contributed by atoms with Crippen LogP contribution in [-0.2, 0) is 11.3 Å². The number of amides is 1. The van der Waals surface area contributed by atoms with E-state index in [1.54, 1.807) is 0 Å². The SMILES string of the molecule is Cc1csc(COC(=O)c2ccc(C(N)=O)cc2)n1. The molecule has 1 heterocycles. The summed E-state index contributed by atoms with van der Waals surface area (Å²) in [6, 6.07) is 6.00. The molecule has 1 aromatic heterocycles. The van der Waals surface area contributed by atoms with Crippen LogP contribution in [0.1, 0.15) is 31.4 Å². The van der Waals surface area contributed by atoms with E-state index in [9.17, 15) is 9.59 Å². The summed E-state index contributed by atoms with van der Waals surface area (Å²) < 4.78 is 5.12. The number of hydrogen-bond acceptors (Lipinski definition) is 5. The molecule has 0 fully saturated rings. The van der Waals surface area contributed by atoms with Crippen LogP contribution < -0.4 is 5.73 Å². The number of primary amides is 1. The summed E-state index contributed by atoms with van der Waals surface area (Å²) in [5.74, 6) is -0.984. The lowest BCUT2D eigenvalue weighted by Crippen LogP contribution is -2.11. The quantitative estimate of drug-likeness (QED) is 0.865. The summed E-state index contributed by atoms with van der Waals surface area (Å²) in [4.78, 5) is 26.8. The Morgan fingerprint density at radius 1 is 1.26 bits per heavy atom. The van der Waals surface area contributed by atoms with Gasteiger partial charge in [0.2, 0.25) is 5.91 Å². The Bertz CT molecular complexity index is 605. The van der Waals surface area contributed by atoms with Crippen LogP contribution in [0.15, 0.2) is 29.6 Å². The molecule has 1 aromatic carbocycles. The number of aromatic nitrogens is 1. The molecule has 0 radical (unpaired) electrons. The van der Waals surface area contributed by atoms with Gasteiger partial charge in [0.15, 0.2) is 0 Å². The molecule has 0 saturated heterocycles. The van der Waals surface area contributed by atoms with Gasteiger partial charge in [0, 0.05) is 16.6 Å². The minimum absolute atomic E-state index is 0.148. The average molecular weight is 276 g/mol. The number of esters is 1. The van der Waals surface area contributed by atoms with E-state index < -0.39 is 11.9 Å². The molecule has 0 spiro atoms. The zero-order valence-electron chi connectivity index (χ0n) is 10.3. The predicted octanol–water partition coefficient (Wildman–Crippen LogP) is 1.91. The van der Waals surface area contributed by atoms with Crippen molar-refractivity contribution in [2.75, 3.05) is 0 Å². The van der Waals surface area contributed by atoms with Crippen LogP contribution in [0.5, 0.6) is 0 Å². The van der Waals surface area contributed by atoms with Crippen molar-refractivity contribution in [2.24, 2.45) is 5.73 Å². The highest BCUT2D eigenvalue weighted by molar-refractivity contribution is 7.09. The molecule has 2 aromatic rings. The van der Waals surface area contributed by atoms with Crippen molar-refractivity contribution in [2.45, 2.75) is 13.5 Å². The summed E-state index contributed by atoms with van der Waals surface area (Å²) in [5, 5.41) is 2.64. The van der Waals surface area contributed by atoms with Gasteiger partial charge in [-0.3, -0.25) is 4.79 Å². The fraction of sp³-hybridized carbons (Fsp3) is 0.154. The van der Waals surface area contributed by atoms with Crippen molar-refractivity contribution in [1.29, 1.82) is 0 Å². The number of rotatable bonds is 4. The molecule has 5 nitrogen and oxygen atoms in total. The molecule has 0 atom stereocenters. The Morgan fingerprint density at radius 2 is 1.89 bits per heavy atom. The standard InChI is InChI=1S/C13H12N2O3S/c1-8-7-19-11(15-8)6-18-13(17)10-4-2-9(3-5-10)12(14)16/h2-5,7H,6H2,1H3,(H2,14,16). The van der Waals surface area contributed by atoms with Gasteiger partial charge in [-0.25, -0.2) is 9.78 Å². The molecule has 0 aliphatic heterocycles. The van der Waals surface area contributed by atoms with Crippen LogP contribution in [0.25, 0.3) is 0 Å². The zero-order valence-corrected chi connectivity index (χ0v) is 11.1. The number of benzene rings is 1. The topological polar surface area (TPSA) is 82.3 Å². The van der Waals surface area contributed by atoms with Crippen LogP contribution >= 0.6 is 11.3 Å². The second-order valence-electron chi connectivity index (χ2n) is 3.90. The first-order chi connectivity index (χ1) is 9.06. The first-order valence-electron chi connectivity index (χ1n) is 5.54. The minimum atomic E-state index is -0.529. The second-order valence-corrected chi connectivity index (χ2v) is 4.84. The van der Waals surface area contributed by atoms with E-state index >= 15 is 0 Å². The molecule has 2 N–H and O–H groups in total. The summed E-state index contributed by atoms with van der Waals surface area (Å²) >= 11 is 1.44. The molecule has 0 aliphatic carbocycles. The molecule has 98 valence electrons. The second kappa shape index (κ2) is 5.62. The number of carbonyl (C=O) groups is 2. The first kappa shape index (κ1) is 13.2. The molecular formula is C13H12N2O3S. The third-order valence-electron chi connectivity index (χ3n) is 2.40. The van der Waals surface area contributed by atoms with Crippen LogP contribution in [0.3, 0.4) is 0 Å². The van der Waals surface area contributed by atoms with E-state index in [1.807, 2.05) is 12.3 Å². The number of nitrogens with two attached hydrogens (primary N) is 1. The average Bonchev–Trinajstić information content (AvgIpc) is 2.82. The van der Waals surface area contributed by atoms with Crippen molar-refractivity contribution in [1.82, 2.24) is 4.98 Å². The molecule has 0 unspecified atom stereocenters. The van der Waals surface area contributed by atoms with Crippen molar-refractivity contribution >= 4 is 23.2 Å². The summed E-state index contributed by atoms with van der Waals surface area (Å²) in [7, 11) is 0. The minimum Gasteiger partial charge on any atom is -0.455 e. The van der Waals surface area contributed by atoms with Crippen molar-refractivity contribution < 1.29 is 14.3 Å². The van der Waals surface area contributed by atoms with Gasteiger partial charge in [-0.2, -0.15) is 0 Å². The number of ether oxygens (including phenoxy) is 1. The monoisotopic (exact) mass is 276 g/mol. The van der Waals surface area contributed by atoms with Crippen molar-refractivity contribution in [3.05, 3.63) is 51.5 Å². The Kier molecular flexibility index (Phi) is 3.91. The Labute approximate surface area is 114 Å². The van der Waals surface area contributed by atoms with Crippen molar-refractivity contribution in [3.8, 4) is 0 Å². The third-order valence-corrected chi connectivity index (χ3v) is 3.34. The van der Waals surface area contributed by atoms with E-state index in [4.69, 9.17) is 10.5 Å². The van der Waals surface area contributed by atoms with E-state index in [1.165, 1.54) is 35.6 Å². The molecule has 0 bridgehead atoms. The van der Waals surface area contributed by atoms with Gasteiger partial charge in [-0.15, -0.1) is 11.3 Å². The predicted molar refractivity (Wildman–Crippen MR) is 70.9 cm³/mol. The summed E-state index contributed by atoms with van der Waals surface area (Å²) in [5.41, 5.74) is 6.75. The molecule has 0 aliphatic rings. The highest BCUT2D eigenvalue weighted by Crippen LogP contribution is 2.12. The molecule has 6 heteroatoms. The maximum absolute atomic E-state index is 11.7. The van der Waals surface area contributed by atoms with Gasteiger partial charge >= 0.3 is 5.97 Å². The fourth-order valence-corrected chi connectivity index (χ4v) is 2.13. The van der Waals surface area contributed by atoms with Crippen LogP contribution in [-0.4, -0.2) is 16.9 Å². The van der Waals surface area contributed by atoms with E-state index in [2.05, 4.69) is 4.98 Å². The maximum atomic E-state index is 11.7. The number of nitrogens with zero attached hydrogens (tertiary/aromatic N) is 1. The highest BCUT2D eigenvalue weighted by atomic mass is 32.1. The maximum Gasteiger partial charge on any atom is 0.338 e. The molecule has 0 saturated carbocycles. The van der Waals surface area contributed by atoms with E-state index in [0.717, 1.165) is 10.7 Å². The van der Waals surface area contributed by atoms with Crippen molar-refractivity contribution in [3.63, 3.8) is 0 Å². The van der Waals surface area contributed by atoms with Gasteiger partial charge in [-0.1, -0.05) is 0 Å². The van der Waals surface area contributed by atoms with Gasteiger partial charge in [0.25, 0.3) is 0 Å². The van der Waals surface area contributed by atoms with Gasteiger partial charge in [0.05, 0.1) is 5.56 Å². The zero-order chi connectivity index (χ0) is 13.8. The fourth-order valence-electron chi connectivity index (χ4n) is 1.45. The van der Waals surface area contributed by atoms with E-state index in [0.29, 0.717) is 11.1 Å². The lowest BCUT2D eigenvalue weighted by molar-refractivity contribution is 0.0472. The lowest BCUT2D eigenvalue weighted by atomic mass is 10.1. The Hall–Kier alpha value is -2.21. The van der Waals surface area contributed by atoms with Crippen LogP contribution in [0, 0.1) is 6.92 Å². The molecule has 1 amide bonds. The Balaban J connectivity index is 1.98. The smallest absolute Gasteiger partial charge is 0.338 e. The molecule has 2 rings (SSSR count). The normalized spacial score (nSPS) is 10.2. The lowest BCUT2D eigenvalue weighted by Gasteiger charge is -2.03. The van der Waals surface area contributed by atoms with Gasteiger partial charge in [-0.05, 0) is 31.2 Å². The number of carbonyl (C=O) groups excluding carboxylic acids is 2. The summed E-state index contributed by atoms with van der Waals surface area (Å²) in [6.07, 6.45) is 0. The Morgan fingerprint density at radius 3 is 2.42 bits per heavy atom. The number of hydrogen-bond donors (Lipinski definition) is 1.